The van der Waals surface area contributed by atoms with Gasteiger partial charge in [-0.25, -0.2) is 4.79 Å². The Morgan fingerprint density at radius 1 is 1.46 bits per heavy atom. The average molecular weight is 351 g/mol. The Bertz CT molecular complexity index is 658. The molecule has 1 unspecified atom stereocenters. The normalized spacial score (nSPS) is 27.8. The molecule has 1 fully saturated rings. The molecule has 3 aliphatic rings. The monoisotopic (exact) mass is 351 g/mol. The van der Waals surface area contributed by atoms with Crippen molar-refractivity contribution in [1.29, 1.82) is 0 Å². The van der Waals surface area contributed by atoms with Gasteiger partial charge in [0.1, 0.15) is 23.2 Å². The number of amides is 2. The van der Waals surface area contributed by atoms with E-state index >= 15 is 0 Å². The number of rotatable bonds is 4. The molecular formula is C16H21N3O4S. The molecule has 1 saturated heterocycles. The van der Waals surface area contributed by atoms with E-state index in [4.69, 9.17) is 5.73 Å². The summed E-state index contributed by atoms with van der Waals surface area (Å²) < 4.78 is 0. The molecule has 0 aromatic rings. The summed E-state index contributed by atoms with van der Waals surface area (Å²) in [6.45, 7) is 1.71. The van der Waals surface area contributed by atoms with Gasteiger partial charge >= 0.3 is 5.97 Å². The summed E-state index contributed by atoms with van der Waals surface area (Å²) in [6, 6.07) is -1.45. The van der Waals surface area contributed by atoms with Crippen LogP contribution in [-0.4, -0.2) is 51.0 Å². The van der Waals surface area contributed by atoms with Crippen molar-refractivity contribution in [1.82, 2.24) is 10.2 Å². The minimum absolute atomic E-state index is 0.0357. The highest BCUT2D eigenvalue weighted by atomic mass is 32.2. The first-order chi connectivity index (χ1) is 11.4. The minimum Gasteiger partial charge on any atom is -0.477 e. The van der Waals surface area contributed by atoms with Gasteiger partial charge < -0.3 is 16.2 Å². The lowest BCUT2D eigenvalue weighted by atomic mass is 9.93. The van der Waals surface area contributed by atoms with Gasteiger partial charge in [0.25, 0.3) is 5.91 Å². The summed E-state index contributed by atoms with van der Waals surface area (Å²) in [5, 5.41) is 11.6. The molecule has 24 heavy (non-hydrogen) atoms. The molecule has 2 heterocycles. The molecule has 8 heteroatoms. The van der Waals surface area contributed by atoms with E-state index in [0.717, 1.165) is 31.3 Å². The molecule has 0 spiro atoms. The molecule has 1 aliphatic carbocycles. The van der Waals surface area contributed by atoms with Crippen LogP contribution in [-0.2, 0) is 14.4 Å². The Hall–Kier alpha value is -1.80. The number of carbonyl (C=O) groups excluding carboxylic acids is 2. The summed E-state index contributed by atoms with van der Waals surface area (Å²) in [6.07, 6.45) is 5.87. The Labute approximate surface area is 144 Å². The smallest absolute Gasteiger partial charge is 0.352 e. The Morgan fingerprint density at radius 3 is 2.83 bits per heavy atom. The number of nitrogens with one attached hydrogen (secondary N) is 1. The molecule has 7 nitrogen and oxygen atoms in total. The van der Waals surface area contributed by atoms with E-state index in [1.165, 1.54) is 16.7 Å². The number of hydrogen-bond acceptors (Lipinski definition) is 5. The van der Waals surface area contributed by atoms with Gasteiger partial charge in [0.05, 0.1) is 0 Å². The number of carboxylic acid groups (broad SMARTS) is 1. The Morgan fingerprint density at radius 2 is 2.21 bits per heavy atom. The van der Waals surface area contributed by atoms with E-state index in [1.807, 2.05) is 6.08 Å². The number of aliphatic carboxylic acids is 1. The molecule has 0 radical (unpaired) electrons. The highest BCUT2D eigenvalue weighted by molar-refractivity contribution is 8.00. The van der Waals surface area contributed by atoms with Crippen LogP contribution in [0.1, 0.15) is 32.6 Å². The molecule has 0 aromatic heterocycles. The topological polar surface area (TPSA) is 113 Å². The predicted octanol–water partition coefficient (Wildman–Crippen LogP) is 0.573. The van der Waals surface area contributed by atoms with Gasteiger partial charge in [0, 0.05) is 5.75 Å². The zero-order valence-corrected chi connectivity index (χ0v) is 14.3. The van der Waals surface area contributed by atoms with Gasteiger partial charge in [0.2, 0.25) is 5.91 Å². The number of allylic oxidation sites excluding steroid dienone is 1. The van der Waals surface area contributed by atoms with Crippen LogP contribution in [0.15, 0.2) is 22.9 Å². The van der Waals surface area contributed by atoms with E-state index in [0.29, 0.717) is 11.3 Å². The standard InChI is InChI=1S/C16H21N3O4S/c1-8-7-24-15-11(14(21)19(15)12(8)16(22)23)18-13(20)10(17)9-5-3-2-4-6-9/h5,10-11,15H,2-4,6-7,17H2,1H3,(H,18,20)(H,22,23)/t10?,11-,15-/m1/s1. The number of nitrogens with two attached hydrogens (primary N) is 1. The van der Waals surface area contributed by atoms with Crippen LogP contribution in [0, 0.1) is 0 Å². The van der Waals surface area contributed by atoms with Gasteiger partial charge in [-0.15, -0.1) is 11.8 Å². The maximum Gasteiger partial charge on any atom is 0.352 e. The fraction of sp³-hybridized carbons (Fsp3) is 0.562. The van der Waals surface area contributed by atoms with Crippen LogP contribution in [0.5, 0.6) is 0 Å². The Balaban J connectivity index is 1.68. The predicted molar refractivity (Wildman–Crippen MR) is 89.9 cm³/mol. The largest absolute Gasteiger partial charge is 0.477 e. The van der Waals surface area contributed by atoms with Crippen molar-refractivity contribution in [3.63, 3.8) is 0 Å². The summed E-state index contributed by atoms with van der Waals surface area (Å²) in [7, 11) is 0. The molecule has 2 aliphatic heterocycles. The van der Waals surface area contributed by atoms with E-state index < -0.39 is 18.1 Å². The summed E-state index contributed by atoms with van der Waals surface area (Å²) in [5.74, 6) is -1.34. The van der Waals surface area contributed by atoms with Crippen molar-refractivity contribution in [2.75, 3.05) is 5.75 Å². The number of fused-ring (bicyclic) bond motifs is 1. The first kappa shape index (κ1) is 17.0. The fourth-order valence-electron chi connectivity index (χ4n) is 3.33. The van der Waals surface area contributed by atoms with Crippen LogP contribution < -0.4 is 11.1 Å². The van der Waals surface area contributed by atoms with Gasteiger partial charge in [0.15, 0.2) is 0 Å². The lowest BCUT2D eigenvalue weighted by molar-refractivity contribution is -0.150. The van der Waals surface area contributed by atoms with E-state index in [9.17, 15) is 19.5 Å². The van der Waals surface area contributed by atoms with E-state index in [1.54, 1.807) is 6.92 Å². The van der Waals surface area contributed by atoms with Crippen molar-refractivity contribution in [2.24, 2.45) is 5.73 Å². The molecule has 3 atom stereocenters. The zero-order valence-electron chi connectivity index (χ0n) is 13.4. The highest BCUT2D eigenvalue weighted by Crippen LogP contribution is 2.40. The number of β-lactam (4-membered cyclic amide) rings is 1. The van der Waals surface area contributed by atoms with Crippen molar-refractivity contribution >= 4 is 29.5 Å². The number of carbonyl (C=O) groups is 3. The zero-order chi connectivity index (χ0) is 17.4. The fourth-order valence-corrected chi connectivity index (χ4v) is 4.62. The molecule has 2 amide bonds. The third-order valence-electron chi connectivity index (χ3n) is 4.67. The quantitative estimate of drug-likeness (QED) is 0.504. The van der Waals surface area contributed by atoms with Gasteiger partial charge in [-0.3, -0.25) is 14.5 Å². The first-order valence-corrected chi connectivity index (χ1v) is 9.09. The number of hydrogen-bond donors (Lipinski definition) is 3. The average Bonchev–Trinajstić information content (AvgIpc) is 2.59. The molecule has 4 N–H and O–H groups in total. The van der Waals surface area contributed by atoms with Crippen LogP contribution >= 0.6 is 11.8 Å². The summed E-state index contributed by atoms with van der Waals surface area (Å²) in [5.41, 5.74) is 7.63. The van der Waals surface area contributed by atoms with Crippen molar-refractivity contribution in [2.45, 2.75) is 50.1 Å². The first-order valence-electron chi connectivity index (χ1n) is 8.04. The van der Waals surface area contributed by atoms with Gasteiger partial charge in [-0.05, 0) is 43.8 Å². The minimum atomic E-state index is -1.11. The summed E-state index contributed by atoms with van der Waals surface area (Å²) in [4.78, 5) is 37.3. The molecule has 130 valence electrons. The lowest BCUT2D eigenvalue weighted by Crippen LogP contribution is -2.71. The second kappa shape index (κ2) is 6.60. The van der Waals surface area contributed by atoms with Crippen molar-refractivity contribution < 1.29 is 19.5 Å². The van der Waals surface area contributed by atoms with Crippen molar-refractivity contribution in [3.05, 3.63) is 22.9 Å². The number of nitrogens with zero attached hydrogens (tertiary/aromatic N) is 1. The maximum absolute atomic E-state index is 12.4. The maximum atomic E-state index is 12.4. The third-order valence-corrected chi connectivity index (χ3v) is 6.09. The molecule has 0 bridgehead atoms. The van der Waals surface area contributed by atoms with E-state index in [2.05, 4.69) is 5.32 Å². The number of thioether (sulfide) groups is 1. The Kier molecular flexibility index (Phi) is 4.69. The van der Waals surface area contributed by atoms with Crippen LogP contribution in [0.25, 0.3) is 0 Å². The van der Waals surface area contributed by atoms with Gasteiger partial charge in [-0.2, -0.15) is 0 Å². The molecule has 0 saturated carbocycles. The summed E-state index contributed by atoms with van der Waals surface area (Å²) >= 11 is 1.46. The highest BCUT2D eigenvalue weighted by Gasteiger charge is 2.53. The second-order valence-corrected chi connectivity index (χ2v) is 7.44. The molecular weight excluding hydrogens is 330 g/mol. The van der Waals surface area contributed by atoms with Crippen molar-refractivity contribution in [3.8, 4) is 0 Å². The number of carboxylic acids is 1. The third kappa shape index (κ3) is 2.84. The second-order valence-electron chi connectivity index (χ2n) is 6.33. The lowest BCUT2D eigenvalue weighted by Gasteiger charge is -2.49. The SMILES string of the molecule is CC1=C(C(=O)O)N2C(=O)[C@@H](NC(=O)C(N)C3=CCCCC3)[C@H]2SC1. The van der Waals surface area contributed by atoms with Crippen LogP contribution in [0.4, 0.5) is 0 Å². The van der Waals surface area contributed by atoms with E-state index in [-0.39, 0.29) is 22.9 Å². The van der Waals surface area contributed by atoms with Crippen LogP contribution in [0.3, 0.4) is 0 Å². The molecule has 0 aromatic carbocycles. The molecule has 3 rings (SSSR count). The van der Waals surface area contributed by atoms with Gasteiger partial charge in [-0.1, -0.05) is 6.08 Å². The van der Waals surface area contributed by atoms with Crippen LogP contribution in [0.2, 0.25) is 0 Å².